The van der Waals surface area contributed by atoms with Gasteiger partial charge in [-0.3, -0.25) is 20.0 Å². The van der Waals surface area contributed by atoms with Crippen molar-refractivity contribution in [2.75, 3.05) is 38.5 Å². The Balaban J connectivity index is 0.00000133. The molecule has 2 aliphatic rings. The summed E-state index contributed by atoms with van der Waals surface area (Å²) in [6.45, 7) is 19.1. The Labute approximate surface area is 267 Å². The first-order valence-electron chi connectivity index (χ1n) is 15.5. The first kappa shape index (κ1) is 38.3. The molecule has 0 spiro atoms. The van der Waals surface area contributed by atoms with Crippen LogP contribution < -0.4 is 10.6 Å². The molecule has 45 heavy (non-hydrogen) atoms. The number of benzene rings is 2. The lowest BCUT2D eigenvalue weighted by atomic mass is 10.0. The molecule has 0 radical (unpaired) electrons. The van der Waals surface area contributed by atoms with Crippen molar-refractivity contribution in [1.82, 2.24) is 15.1 Å². The minimum atomic E-state index is -4.61. The number of allylic oxidation sites excluding steroid dienone is 2. The molecule has 2 heterocycles. The Morgan fingerprint density at radius 3 is 2.36 bits per heavy atom. The van der Waals surface area contributed by atoms with Crippen LogP contribution in [0.3, 0.4) is 0 Å². The van der Waals surface area contributed by atoms with Crippen LogP contribution >= 0.6 is 8.58 Å². The van der Waals surface area contributed by atoms with Gasteiger partial charge in [-0.05, 0) is 62.1 Å². The number of rotatable bonds is 7. The molecule has 0 aliphatic carbocycles. The van der Waals surface area contributed by atoms with Crippen LogP contribution in [-0.2, 0) is 12.7 Å². The molecule has 2 aliphatic heterocycles. The Hall–Kier alpha value is -2.91. The van der Waals surface area contributed by atoms with Gasteiger partial charge in [0.05, 0.1) is 17.0 Å². The van der Waals surface area contributed by atoms with Gasteiger partial charge in [-0.15, -0.1) is 0 Å². The summed E-state index contributed by atoms with van der Waals surface area (Å²) in [6, 6.07) is 7.36. The fourth-order valence-corrected chi connectivity index (χ4v) is 5.96. The Morgan fingerprint density at radius 1 is 1.13 bits per heavy atom. The van der Waals surface area contributed by atoms with Gasteiger partial charge < -0.3 is 10.2 Å². The Bertz CT molecular complexity index is 1340. The van der Waals surface area contributed by atoms with E-state index >= 15 is 0 Å². The summed E-state index contributed by atoms with van der Waals surface area (Å²) >= 11 is 0. The number of alkyl halides is 3. The van der Waals surface area contributed by atoms with Crippen molar-refractivity contribution in [3.63, 3.8) is 0 Å². The minimum Gasteiger partial charge on any atom is -0.322 e. The van der Waals surface area contributed by atoms with Gasteiger partial charge in [0.2, 0.25) is 0 Å². The maximum Gasteiger partial charge on any atom is 0.416 e. The molecule has 0 aromatic heterocycles. The molecule has 3 atom stereocenters. The summed E-state index contributed by atoms with van der Waals surface area (Å²) in [7, 11) is 2.33. The van der Waals surface area contributed by atoms with Crippen molar-refractivity contribution in [3.05, 3.63) is 88.1 Å². The van der Waals surface area contributed by atoms with Gasteiger partial charge in [0, 0.05) is 61.8 Å². The number of carbonyl (C=O) groups excluding carboxylic acids is 1. The summed E-state index contributed by atoms with van der Waals surface area (Å²) in [5.41, 5.74) is 0.621. The fourth-order valence-electron chi connectivity index (χ4n) is 4.75. The quantitative estimate of drug-likeness (QED) is 0.234. The minimum absolute atomic E-state index is 0.117. The number of hydrogen-bond donors (Lipinski definition) is 2. The molecule has 1 saturated heterocycles. The predicted molar refractivity (Wildman–Crippen MR) is 181 cm³/mol. The average Bonchev–Trinajstić information content (AvgIpc) is 3.00. The Morgan fingerprint density at radius 2 is 1.78 bits per heavy atom. The van der Waals surface area contributed by atoms with Crippen molar-refractivity contribution in [2.24, 2.45) is 4.99 Å². The predicted octanol–water partition coefficient (Wildman–Crippen LogP) is 8.44. The zero-order valence-corrected chi connectivity index (χ0v) is 28.5. The topological polar surface area (TPSA) is 60.0 Å². The molecule has 2 aromatic rings. The first-order valence-corrected chi connectivity index (χ1v) is 16.6. The average molecular weight is 650 g/mol. The highest BCUT2D eigenvalue weighted by Gasteiger charge is 2.34. The largest absolute Gasteiger partial charge is 0.416 e. The van der Waals surface area contributed by atoms with E-state index in [1.54, 1.807) is 13.1 Å². The lowest BCUT2D eigenvalue weighted by Gasteiger charge is -2.33. The molecular weight excluding hydrogens is 601 g/mol. The normalized spacial score (nSPS) is 19.4. The van der Waals surface area contributed by atoms with Crippen LogP contribution in [0.4, 0.5) is 23.2 Å². The molecule has 248 valence electrons. The lowest BCUT2D eigenvalue weighted by Crippen LogP contribution is -2.44. The molecule has 11 heteroatoms. The van der Waals surface area contributed by atoms with Crippen LogP contribution in [-0.4, -0.2) is 60.9 Å². The zero-order chi connectivity index (χ0) is 33.7. The zero-order valence-electron chi connectivity index (χ0n) is 27.5. The maximum atomic E-state index is 14.7. The molecule has 2 aromatic carbocycles. The van der Waals surface area contributed by atoms with Crippen molar-refractivity contribution >= 4 is 26.4 Å². The van der Waals surface area contributed by atoms with Crippen molar-refractivity contribution in [2.45, 2.75) is 72.5 Å². The summed E-state index contributed by atoms with van der Waals surface area (Å²) < 4.78 is 56.6. The molecule has 0 bridgehead atoms. The van der Waals surface area contributed by atoms with Crippen LogP contribution in [0.5, 0.6) is 0 Å². The van der Waals surface area contributed by atoms with Crippen molar-refractivity contribution in [3.8, 4) is 0 Å². The van der Waals surface area contributed by atoms with Crippen LogP contribution in [0.25, 0.3) is 0 Å². The number of nitrogens with one attached hydrogen (secondary N) is 2. The molecule has 2 N–H and O–H groups in total. The van der Waals surface area contributed by atoms with Crippen LogP contribution in [0.2, 0.25) is 0 Å². The van der Waals surface area contributed by atoms with Gasteiger partial charge >= 0.3 is 6.18 Å². The highest BCUT2D eigenvalue weighted by molar-refractivity contribution is 7.45. The van der Waals surface area contributed by atoms with Crippen LogP contribution in [0.15, 0.2) is 65.1 Å². The van der Waals surface area contributed by atoms with Crippen LogP contribution in [0.1, 0.15) is 81.1 Å². The highest BCUT2D eigenvalue weighted by atomic mass is 31.1. The third-order valence-electron chi connectivity index (χ3n) is 7.09. The smallest absolute Gasteiger partial charge is 0.322 e. The van der Waals surface area contributed by atoms with Gasteiger partial charge in [0.1, 0.15) is 5.82 Å². The van der Waals surface area contributed by atoms with E-state index in [0.717, 1.165) is 30.2 Å². The fraction of sp³-hybridized carbons (Fsp3) is 0.471. The van der Waals surface area contributed by atoms with E-state index in [4.69, 9.17) is 0 Å². The van der Waals surface area contributed by atoms with E-state index in [0.29, 0.717) is 27.2 Å². The van der Waals surface area contributed by atoms with E-state index in [2.05, 4.69) is 41.0 Å². The molecule has 1 amide bonds. The van der Waals surface area contributed by atoms with Gasteiger partial charge in [-0.25, -0.2) is 4.39 Å². The lowest BCUT2D eigenvalue weighted by molar-refractivity contribution is -0.138. The van der Waals surface area contributed by atoms with Crippen molar-refractivity contribution < 1.29 is 22.4 Å². The molecule has 4 rings (SSSR count). The SMILES string of the molecule is C=C1PC(NC(C)c2cc(NC(=O)c3ccc(CN4CCN(C)CC4)c(C(F)(F)F)c3)ccc2F)C=N/C1=C/C.CC.CCC. The molecular formula is C34H48F4N5OP. The number of hydrogen-bond acceptors (Lipinski definition) is 5. The number of aliphatic imine (C=N–C) groups is 1. The monoisotopic (exact) mass is 649 g/mol. The van der Waals surface area contributed by atoms with E-state index in [1.807, 2.05) is 38.8 Å². The van der Waals surface area contributed by atoms with Gasteiger partial charge in [0.25, 0.3) is 5.91 Å². The van der Waals surface area contributed by atoms with Gasteiger partial charge in [-0.2, -0.15) is 13.2 Å². The number of likely N-dealkylation sites (N-methyl/N-ethyl adjacent to an activating group) is 1. The van der Waals surface area contributed by atoms with E-state index < -0.39 is 29.5 Å². The number of halogens is 4. The Kier molecular flexibility index (Phi) is 15.6. The number of carbonyl (C=O) groups is 1. The first-order chi connectivity index (χ1) is 21.4. The number of piperazine rings is 1. The molecule has 6 nitrogen and oxygen atoms in total. The summed E-state index contributed by atoms with van der Waals surface area (Å²) in [4.78, 5) is 21.5. The second-order valence-corrected chi connectivity index (χ2v) is 12.3. The van der Waals surface area contributed by atoms with E-state index in [9.17, 15) is 22.4 Å². The third-order valence-corrected chi connectivity index (χ3v) is 8.32. The van der Waals surface area contributed by atoms with E-state index in [-0.39, 0.29) is 29.1 Å². The third kappa shape index (κ3) is 11.4. The van der Waals surface area contributed by atoms with Crippen LogP contribution in [0, 0.1) is 5.82 Å². The van der Waals surface area contributed by atoms with Gasteiger partial charge in [-0.1, -0.05) is 61.4 Å². The van der Waals surface area contributed by atoms with Crippen molar-refractivity contribution in [1.29, 1.82) is 0 Å². The molecule has 3 unspecified atom stereocenters. The molecule has 0 saturated carbocycles. The number of nitrogens with zero attached hydrogens (tertiary/aromatic N) is 3. The second-order valence-electron chi connectivity index (χ2n) is 10.8. The van der Waals surface area contributed by atoms with Gasteiger partial charge in [0.15, 0.2) is 0 Å². The highest BCUT2D eigenvalue weighted by Crippen LogP contribution is 2.37. The maximum absolute atomic E-state index is 14.7. The summed E-state index contributed by atoms with van der Waals surface area (Å²) in [5, 5.41) is 6.85. The standard InChI is InChI=1S/C29H34F4N5OP.C3H8.C2H6/c1-5-26-19(3)40-27(16-34-26)35-18(2)23-15-22(8-9-25(23)30)36-28(39)20-6-7-21(24(14-20)29(31,32)33)17-38-12-10-37(4)11-13-38;1-3-2;1-2/h5-9,14-16,18,27,35,40H,3,10-13,17H2,1-2,4H3,(H,36,39);3H2,1-2H3;1-2H3/b26-5+;;. The summed E-state index contributed by atoms with van der Waals surface area (Å²) in [6.07, 6.45) is 0.300. The van der Waals surface area contributed by atoms with E-state index in [1.165, 1.54) is 36.8 Å². The summed E-state index contributed by atoms with van der Waals surface area (Å²) in [5.74, 6) is -1.28. The number of amides is 1. The molecule has 1 fully saturated rings. The number of anilines is 1. The second kappa shape index (κ2) is 18.3.